The van der Waals surface area contributed by atoms with Gasteiger partial charge in [-0.05, 0) is 29.4 Å². The standard InChI is InChI=1S/C6H6S3/c1-5-4-6-2-3-7-9(6)8-5/h2-4H,1H3. The Labute approximate surface area is 64.5 Å². The van der Waals surface area contributed by atoms with Gasteiger partial charge in [0.15, 0.2) is 0 Å². The second-order valence-corrected chi connectivity index (χ2v) is 7.80. The molecule has 0 fully saturated rings. The summed E-state index contributed by atoms with van der Waals surface area (Å²) in [6.07, 6.45) is 4.50. The molecule has 0 nitrogen and oxygen atoms in total. The van der Waals surface area contributed by atoms with Crippen LogP contribution in [-0.2, 0) is 0 Å². The first-order valence-electron chi connectivity index (χ1n) is 2.68. The zero-order valence-corrected chi connectivity index (χ0v) is 7.41. The van der Waals surface area contributed by atoms with Crippen LogP contribution in [-0.4, -0.2) is 4.86 Å². The molecule has 2 heterocycles. The SMILES string of the molecule is CC1=CC2=S(SC=C2)S1. The van der Waals surface area contributed by atoms with Gasteiger partial charge in [0.2, 0.25) is 0 Å². The largest absolute Gasteiger partial charge is 0.0605 e. The smallest absolute Gasteiger partial charge is 0.0199 e. The number of hydrogen-bond acceptors (Lipinski definition) is 2. The molecule has 48 valence electrons. The van der Waals surface area contributed by atoms with Gasteiger partial charge in [-0.2, -0.15) is 0 Å². The molecule has 2 aliphatic rings. The predicted octanol–water partition coefficient (Wildman–Crippen LogP) is 3.17. The zero-order valence-electron chi connectivity index (χ0n) is 4.96. The van der Waals surface area contributed by atoms with Crippen molar-refractivity contribution in [3.63, 3.8) is 0 Å². The summed E-state index contributed by atoms with van der Waals surface area (Å²) in [5.74, 6) is 0. The summed E-state index contributed by atoms with van der Waals surface area (Å²) in [6.45, 7) is 2.18. The fraction of sp³-hybridized carbons (Fsp3) is 0.167. The molecule has 0 radical (unpaired) electrons. The van der Waals surface area contributed by atoms with E-state index in [0.717, 1.165) is 0 Å². The fourth-order valence-electron chi connectivity index (χ4n) is 0.764. The third kappa shape index (κ3) is 1.02. The summed E-state index contributed by atoms with van der Waals surface area (Å²) in [4.78, 5) is 2.98. The molecule has 1 atom stereocenters. The first kappa shape index (κ1) is 6.13. The summed E-state index contributed by atoms with van der Waals surface area (Å²) in [6, 6.07) is 0. The third-order valence-corrected chi connectivity index (χ3v) is 7.29. The van der Waals surface area contributed by atoms with E-state index in [1.165, 1.54) is 9.77 Å². The van der Waals surface area contributed by atoms with Crippen LogP contribution in [0.1, 0.15) is 6.92 Å². The van der Waals surface area contributed by atoms with Crippen molar-refractivity contribution in [3.8, 4) is 0 Å². The molecule has 1 unspecified atom stereocenters. The van der Waals surface area contributed by atoms with Gasteiger partial charge in [-0.1, -0.05) is 30.1 Å². The Hall–Kier alpha value is 0.400. The molecule has 0 aromatic carbocycles. The minimum absolute atomic E-state index is 0.448. The molecule has 0 N–H and O–H groups in total. The van der Waals surface area contributed by atoms with Crippen molar-refractivity contribution >= 4 is 35.0 Å². The van der Waals surface area contributed by atoms with Gasteiger partial charge in [-0.25, -0.2) is 0 Å². The molecule has 0 aliphatic carbocycles. The summed E-state index contributed by atoms with van der Waals surface area (Å²) in [7, 11) is 4.37. The fourth-order valence-corrected chi connectivity index (χ4v) is 6.76. The molecule has 0 spiro atoms. The van der Waals surface area contributed by atoms with Gasteiger partial charge in [-0.3, -0.25) is 0 Å². The van der Waals surface area contributed by atoms with Crippen molar-refractivity contribution in [1.82, 2.24) is 0 Å². The van der Waals surface area contributed by atoms with Crippen LogP contribution in [0.15, 0.2) is 22.5 Å². The van der Waals surface area contributed by atoms with Crippen LogP contribution in [0.4, 0.5) is 0 Å². The highest BCUT2D eigenvalue weighted by Gasteiger charge is 2.14. The lowest BCUT2D eigenvalue weighted by Crippen LogP contribution is -1.75. The van der Waals surface area contributed by atoms with Gasteiger partial charge in [-0.15, -0.1) is 0 Å². The highest BCUT2D eigenvalue weighted by atomic mass is 33.5. The van der Waals surface area contributed by atoms with Crippen LogP contribution < -0.4 is 0 Å². The lowest BCUT2D eigenvalue weighted by atomic mass is 10.4. The monoisotopic (exact) mass is 174 g/mol. The van der Waals surface area contributed by atoms with E-state index in [0.29, 0.717) is 8.55 Å². The van der Waals surface area contributed by atoms with Crippen LogP contribution in [0.5, 0.6) is 0 Å². The van der Waals surface area contributed by atoms with Crippen molar-refractivity contribution in [1.29, 1.82) is 0 Å². The first-order valence-corrected chi connectivity index (χ1v) is 6.63. The molecule has 0 aromatic rings. The molecule has 0 amide bonds. The Kier molecular flexibility index (Phi) is 1.51. The molecule has 0 aromatic heterocycles. The Morgan fingerprint density at radius 3 is 3.22 bits per heavy atom. The van der Waals surface area contributed by atoms with Gasteiger partial charge in [0.1, 0.15) is 0 Å². The molecule has 0 saturated carbocycles. The van der Waals surface area contributed by atoms with E-state index in [2.05, 4.69) is 24.5 Å². The lowest BCUT2D eigenvalue weighted by Gasteiger charge is -1.93. The van der Waals surface area contributed by atoms with Crippen LogP contribution in [0.2, 0.25) is 0 Å². The van der Waals surface area contributed by atoms with Gasteiger partial charge >= 0.3 is 0 Å². The van der Waals surface area contributed by atoms with Crippen LogP contribution in [0.3, 0.4) is 0 Å². The quantitative estimate of drug-likeness (QED) is 0.408. The Bertz CT molecular complexity index is 235. The topological polar surface area (TPSA) is 0 Å². The zero-order chi connectivity index (χ0) is 6.27. The van der Waals surface area contributed by atoms with Crippen molar-refractivity contribution in [3.05, 3.63) is 22.5 Å². The van der Waals surface area contributed by atoms with Crippen molar-refractivity contribution in [2.24, 2.45) is 0 Å². The van der Waals surface area contributed by atoms with Gasteiger partial charge in [0.25, 0.3) is 0 Å². The molecule has 0 saturated heterocycles. The molecule has 2 aliphatic heterocycles. The van der Waals surface area contributed by atoms with Crippen LogP contribution in [0.25, 0.3) is 0 Å². The van der Waals surface area contributed by atoms with Crippen molar-refractivity contribution in [2.75, 3.05) is 0 Å². The molecular formula is C6H6S3. The Balaban J connectivity index is 2.37. The summed E-state index contributed by atoms with van der Waals surface area (Å²) >= 11 is 0. The van der Waals surface area contributed by atoms with Gasteiger partial charge < -0.3 is 0 Å². The van der Waals surface area contributed by atoms with Gasteiger partial charge in [0.05, 0.1) is 0 Å². The number of rotatable bonds is 0. The Morgan fingerprint density at radius 2 is 2.44 bits per heavy atom. The number of hydrogen-bond donors (Lipinski definition) is 0. The molecule has 0 bridgehead atoms. The lowest BCUT2D eigenvalue weighted by molar-refractivity contribution is 1.72. The van der Waals surface area contributed by atoms with E-state index in [1.54, 1.807) is 0 Å². The highest BCUT2D eigenvalue weighted by molar-refractivity contribution is 9.17. The summed E-state index contributed by atoms with van der Waals surface area (Å²) in [5.41, 5.74) is 0. The molecule has 2 rings (SSSR count). The minimum Gasteiger partial charge on any atom is -0.0605 e. The Morgan fingerprint density at radius 1 is 1.56 bits per heavy atom. The van der Waals surface area contributed by atoms with Crippen molar-refractivity contribution in [2.45, 2.75) is 6.92 Å². The van der Waals surface area contributed by atoms with E-state index >= 15 is 0 Å². The summed E-state index contributed by atoms with van der Waals surface area (Å²) in [5, 5.41) is 2.19. The average Bonchev–Trinajstić information content (AvgIpc) is 2.22. The van der Waals surface area contributed by atoms with E-state index in [-0.39, 0.29) is 0 Å². The third-order valence-electron chi connectivity index (χ3n) is 1.12. The van der Waals surface area contributed by atoms with E-state index in [4.69, 9.17) is 0 Å². The predicted molar refractivity (Wildman–Crippen MR) is 50.7 cm³/mol. The maximum atomic E-state index is 2.28. The maximum absolute atomic E-state index is 2.28. The average molecular weight is 174 g/mol. The van der Waals surface area contributed by atoms with Gasteiger partial charge in [0, 0.05) is 4.86 Å². The normalized spacial score (nSPS) is 31.0. The highest BCUT2D eigenvalue weighted by Crippen LogP contribution is 2.55. The molecule has 9 heavy (non-hydrogen) atoms. The first-order chi connectivity index (χ1) is 4.36. The summed E-state index contributed by atoms with van der Waals surface area (Å²) < 4.78 is 0. The van der Waals surface area contributed by atoms with E-state index in [1.807, 2.05) is 21.6 Å². The number of allylic oxidation sites excluding steroid dienone is 3. The van der Waals surface area contributed by atoms with Crippen molar-refractivity contribution < 1.29 is 0 Å². The van der Waals surface area contributed by atoms with E-state index in [9.17, 15) is 0 Å². The van der Waals surface area contributed by atoms with E-state index < -0.39 is 0 Å². The minimum atomic E-state index is 0.448. The van der Waals surface area contributed by atoms with Crippen LogP contribution in [0, 0.1) is 0 Å². The second kappa shape index (κ2) is 2.22. The maximum Gasteiger partial charge on any atom is 0.0199 e. The van der Waals surface area contributed by atoms with Crippen LogP contribution >= 0.6 is 30.1 Å². The second-order valence-electron chi connectivity index (χ2n) is 1.87. The molecule has 3 heteroatoms. The molecular weight excluding hydrogens is 168 g/mol.